The summed E-state index contributed by atoms with van der Waals surface area (Å²) in [5, 5.41) is 16.8. The minimum absolute atomic E-state index is 0.0213. The number of hydrogen-bond donors (Lipinski definition) is 1. The summed E-state index contributed by atoms with van der Waals surface area (Å²) in [7, 11) is 0. The number of aliphatic hydroxyl groups is 1. The standard InChI is InChI=1S/C22H15BrF2N2O2/c23-17-7-1-15(2-8-17)21(28)27-22(29,16-5-11-19(25)12-6-16)13-20(26-27)14-3-9-18(24)10-4-14/h1-12,29H,13H2. The van der Waals surface area contributed by atoms with E-state index in [1.807, 2.05) is 0 Å². The van der Waals surface area contributed by atoms with Crippen LogP contribution in [-0.4, -0.2) is 21.7 Å². The number of hydrazone groups is 1. The quantitative estimate of drug-likeness (QED) is 0.613. The van der Waals surface area contributed by atoms with Gasteiger partial charge in [0.15, 0.2) is 5.72 Å². The van der Waals surface area contributed by atoms with E-state index in [0.717, 1.165) is 9.48 Å². The van der Waals surface area contributed by atoms with E-state index < -0.39 is 23.3 Å². The van der Waals surface area contributed by atoms with Crippen LogP contribution in [0.2, 0.25) is 0 Å². The van der Waals surface area contributed by atoms with Crippen molar-refractivity contribution in [1.29, 1.82) is 0 Å². The third-order valence-electron chi connectivity index (χ3n) is 4.75. The molecule has 0 saturated carbocycles. The lowest BCUT2D eigenvalue weighted by molar-refractivity contribution is -0.0765. The Kier molecular flexibility index (Phi) is 5.02. The Hall–Kier alpha value is -2.90. The molecule has 1 unspecified atom stereocenters. The molecule has 1 atom stereocenters. The predicted octanol–water partition coefficient (Wildman–Crippen LogP) is 4.82. The van der Waals surface area contributed by atoms with Crippen molar-refractivity contribution in [2.75, 3.05) is 0 Å². The predicted molar refractivity (Wildman–Crippen MR) is 108 cm³/mol. The Morgan fingerprint density at radius 3 is 2.07 bits per heavy atom. The van der Waals surface area contributed by atoms with Gasteiger partial charge in [0.2, 0.25) is 0 Å². The van der Waals surface area contributed by atoms with Crippen LogP contribution in [0.1, 0.15) is 27.9 Å². The van der Waals surface area contributed by atoms with Crippen LogP contribution in [0.3, 0.4) is 0 Å². The molecule has 1 N–H and O–H groups in total. The van der Waals surface area contributed by atoms with E-state index >= 15 is 0 Å². The maximum Gasteiger partial charge on any atom is 0.276 e. The molecule has 7 heteroatoms. The molecule has 0 spiro atoms. The molecular formula is C22H15BrF2N2O2. The van der Waals surface area contributed by atoms with Gasteiger partial charge in [-0.15, -0.1) is 0 Å². The second-order valence-electron chi connectivity index (χ2n) is 6.68. The average Bonchev–Trinajstić information content (AvgIpc) is 3.07. The number of nitrogens with zero attached hydrogens (tertiary/aromatic N) is 2. The summed E-state index contributed by atoms with van der Waals surface area (Å²) < 4.78 is 27.5. The molecule has 0 saturated heterocycles. The van der Waals surface area contributed by atoms with Crippen molar-refractivity contribution in [3.05, 3.63) is 106 Å². The minimum Gasteiger partial charge on any atom is -0.365 e. The molecular weight excluding hydrogens is 442 g/mol. The van der Waals surface area contributed by atoms with Gasteiger partial charge in [0.1, 0.15) is 11.6 Å². The van der Waals surface area contributed by atoms with Gasteiger partial charge >= 0.3 is 0 Å². The Morgan fingerprint density at radius 1 is 0.931 bits per heavy atom. The van der Waals surface area contributed by atoms with Crippen LogP contribution in [0.5, 0.6) is 0 Å². The normalized spacial score (nSPS) is 18.6. The van der Waals surface area contributed by atoms with E-state index in [-0.39, 0.29) is 6.42 Å². The second-order valence-corrected chi connectivity index (χ2v) is 7.59. The van der Waals surface area contributed by atoms with Gasteiger partial charge in [-0.2, -0.15) is 10.1 Å². The fraction of sp³-hybridized carbons (Fsp3) is 0.0909. The number of carbonyl (C=O) groups is 1. The number of amides is 1. The first-order valence-corrected chi connectivity index (χ1v) is 9.58. The molecule has 1 aliphatic rings. The fourth-order valence-electron chi connectivity index (χ4n) is 3.22. The highest BCUT2D eigenvalue weighted by molar-refractivity contribution is 9.10. The molecule has 0 aromatic heterocycles. The van der Waals surface area contributed by atoms with Crippen LogP contribution in [0.4, 0.5) is 8.78 Å². The average molecular weight is 457 g/mol. The third-order valence-corrected chi connectivity index (χ3v) is 5.28. The topological polar surface area (TPSA) is 52.9 Å². The van der Waals surface area contributed by atoms with Crippen LogP contribution < -0.4 is 0 Å². The summed E-state index contributed by atoms with van der Waals surface area (Å²) >= 11 is 3.32. The van der Waals surface area contributed by atoms with E-state index in [4.69, 9.17) is 0 Å². The van der Waals surface area contributed by atoms with E-state index in [1.54, 1.807) is 24.3 Å². The van der Waals surface area contributed by atoms with Crippen LogP contribution in [0, 0.1) is 11.6 Å². The van der Waals surface area contributed by atoms with Gasteiger partial charge in [-0.05, 0) is 54.1 Å². The monoisotopic (exact) mass is 456 g/mol. The van der Waals surface area contributed by atoms with Crippen molar-refractivity contribution in [3.8, 4) is 0 Å². The number of rotatable bonds is 3. The molecule has 0 radical (unpaired) electrons. The Bertz CT molecular complexity index is 1080. The van der Waals surface area contributed by atoms with Gasteiger partial charge in [0.05, 0.1) is 5.71 Å². The summed E-state index contributed by atoms with van der Waals surface area (Å²) in [6.07, 6.45) is -0.0213. The van der Waals surface area contributed by atoms with E-state index in [1.165, 1.54) is 48.5 Å². The minimum atomic E-state index is -1.80. The molecule has 4 rings (SSSR count). The molecule has 29 heavy (non-hydrogen) atoms. The summed E-state index contributed by atoms with van der Waals surface area (Å²) in [4.78, 5) is 13.2. The lowest BCUT2D eigenvalue weighted by Crippen LogP contribution is -2.43. The summed E-state index contributed by atoms with van der Waals surface area (Å²) in [5.41, 5.74) is -0.148. The molecule has 3 aromatic rings. The smallest absolute Gasteiger partial charge is 0.276 e. The maximum absolute atomic E-state index is 13.4. The van der Waals surface area contributed by atoms with Crippen molar-refractivity contribution >= 4 is 27.5 Å². The van der Waals surface area contributed by atoms with Crippen LogP contribution in [0.25, 0.3) is 0 Å². The Balaban J connectivity index is 1.78. The zero-order chi connectivity index (χ0) is 20.6. The van der Waals surface area contributed by atoms with Gasteiger partial charge < -0.3 is 5.11 Å². The largest absolute Gasteiger partial charge is 0.365 e. The van der Waals surface area contributed by atoms with Gasteiger partial charge in [0.25, 0.3) is 5.91 Å². The van der Waals surface area contributed by atoms with Crippen LogP contribution in [0.15, 0.2) is 82.4 Å². The Labute approximate surface area is 174 Å². The van der Waals surface area contributed by atoms with E-state index in [0.29, 0.717) is 22.4 Å². The molecule has 0 fully saturated rings. The molecule has 146 valence electrons. The first-order valence-electron chi connectivity index (χ1n) is 8.79. The molecule has 0 aliphatic carbocycles. The molecule has 4 nitrogen and oxygen atoms in total. The number of halogens is 3. The van der Waals surface area contributed by atoms with Crippen molar-refractivity contribution in [3.63, 3.8) is 0 Å². The first-order chi connectivity index (χ1) is 13.9. The van der Waals surface area contributed by atoms with Crippen LogP contribution in [-0.2, 0) is 5.72 Å². The first kappa shape index (κ1) is 19.4. The van der Waals surface area contributed by atoms with E-state index in [9.17, 15) is 18.7 Å². The Morgan fingerprint density at radius 2 is 1.48 bits per heavy atom. The zero-order valence-corrected chi connectivity index (χ0v) is 16.6. The fourth-order valence-corrected chi connectivity index (χ4v) is 3.48. The van der Waals surface area contributed by atoms with Crippen molar-refractivity contribution < 1.29 is 18.7 Å². The number of hydrogen-bond acceptors (Lipinski definition) is 3. The van der Waals surface area contributed by atoms with Gasteiger partial charge in [-0.1, -0.05) is 40.2 Å². The second kappa shape index (κ2) is 7.50. The highest BCUT2D eigenvalue weighted by atomic mass is 79.9. The molecule has 1 amide bonds. The zero-order valence-electron chi connectivity index (χ0n) is 15.0. The number of carbonyl (C=O) groups excluding carboxylic acids is 1. The summed E-state index contributed by atoms with van der Waals surface area (Å²) in [6.45, 7) is 0. The van der Waals surface area contributed by atoms with Crippen molar-refractivity contribution in [2.45, 2.75) is 12.1 Å². The highest BCUT2D eigenvalue weighted by Gasteiger charge is 2.46. The molecule has 3 aromatic carbocycles. The van der Waals surface area contributed by atoms with E-state index in [2.05, 4.69) is 21.0 Å². The molecule has 1 aliphatic heterocycles. The highest BCUT2D eigenvalue weighted by Crippen LogP contribution is 2.38. The molecule has 1 heterocycles. The van der Waals surface area contributed by atoms with Gasteiger partial charge in [-0.25, -0.2) is 8.78 Å². The maximum atomic E-state index is 13.4. The lowest BCUT2D eigenvalue weighted by atomic mass is 9.94. The SMILES string of the molecule is O=C(c1ccc(Br)cc1)N1N=C(c2ccc(F)cc2)CC1(O)c1ccc(F)cc1. The van der Waals surface area contributed by atoms with Crippen molar-refractivity contribution in [2.24, 2.45) is 5.10 Å². The number of benzene rings is 3. The van der Waals surface area contributed by atoms with Crippen LogP contribution >= 0.6 is 15.9 Å². The lowest BCUT2D eigenvalue weighted by Gasteiger charge is -2.31. The van der Waals surface area contributed by atoms with Crippen molar-refractivity contribution in [1.82, 2.24) is 5.01 Å². The molecule has 0 bridgehead atoms. The van der Waals surface area contributed by atoms with Gasteiger partial charge in [0, 0.05) is 22.0 Å². The van der Waals surface area contributed by atoms with Gasteiger partial charge in [-0.3, -0.25) is 4.79 Å². The third kappa shape index (κ3) is 3.71. The summed E-state index contributed by atoms with van der Waals surface area (Å²) in [6, 6.07) is 17.6. The summed E-state index contributed by atoms with van der Waals surface area (Å²) in [5.74, 6) is -1.37.